The molecule has 3 rings (SSSR count). The number of hydrogen-bond acceptors (Lipinski definition) is 4. The van der Waals surface area contributed by atoms with Crippen LogP contribution in [0.4, 0.5) is 5.69 Å². The highest BCUT2D eigenvalue weighted by Gasteiger charge is 2.11. The minimum atomic E-state index is -0.0390. The molecule has 0 fully saturated rings. The Bertz CT molecular complexity index is 762. The standard InChI is InChI=1S/C14H12N4O/c1-9(19)10-7-12(15)14-13(8-10)16-18(17-14)11-5-3-2-4-6-11/h2-8H,15H2,1H3. The SMILES string of the molecule is CC(=O)c1cc(N)c2nn(-c3ccccc3)nc2c1. The smallest absolute Gasteiger partial charge is 0.159 e. The summed E-state index contributed by atoms with van der Waals surface area (Å²) in [7, 11) is 0. The highest BCUT2D eigenvalue weighted by Crippen LogP contribution is 2.21. The van der Waals surface area contributed by atoms with Crippen LogP contribution in [0, 0.1) is 0 Å². The van der Waals surface area contributed by atoms with Crippen LogP contribution < -0.4 is 5.73 Å². The van der Waals surface area contributed by atoms with Gasteiger partial charge in [-0.15, -0.1) is 10.2 Å². The molecule has 3 aromatic rings. The number of nitrogens with zero attached hydrogens (tertiary/aromatic N) is 3. The van der Waals surface area contributed by atoms with E-state index in [2.05, 4.69) is 10.2 Å². The van der Waals surface area contributed by atoms with E-state index < -0.39 is 0 Å². The molecule has 0 unspecified atom stereocenters. The first-order valence-electron chi connectivity index (χ1n) is 5.88. The second-order valence-electron chi connectivity index (χ2n) is 4.31. The maximum absolute atomic E-state index is 11.4. The lowest BCUT2D eigenvalue weighted by Crippen LogP contribution is -1.97. The van der Waals surface area contributed by atoms with E-state index in [1.165, 1.54) is 11.7 Å². The van der Waals surface area contributed by atoms with E-state index in [9.17, 15) is 4.79 Å². The summed E-state index contributed by atoms with van der Waals surface area (Å²) in [6, 6.07) is 12.9. The average Bonchev–Trinajstić information content (AvgIpc) is 2.84. The van der Waals surface area contributed by atoms with Crippen molar-refractivity contribution < 1.29 is 4.79 Å². The van der Waals surface area contributed by atoms with E-state index in [1.807, 2.05) is 30.3 Å². The van der Waals surface area contributed by atoms with Crippen LogP contribution in [-0.4, -0.2) is 20.8 Å². The molecule has 0 spiro atoms. The van der Waals surface area contributed by atoms with Gasteiger partial charge in [0.2, 0.25) is 0 Å². The highest BCUT2D eigenvalue weighted by molar-refractivity contribution is 6.00. The predicted molar refractivity (Wildman–Crippen MR) is 73.3 cm³/mol. The summed E-state index contributed by atoms with van der Waals surface area (Å²) in [4.78, 5) is 12.9. The number of benzene rings is 2. The summed E-state index contributed by atoms with van der Waals surface area (Å²) in [5.41, 5.74) is 9.00. The van der Waals surface area contributed by atoms with Gasteiger partial charge in [0, 0.05) is 5.56 Å². The molecule has 0 aliphatic heterocycles. The van der Waals surface area contributed by atoms with Gasteiger partial charge in [0.05, 0.1) is 11.4 Å². The van der Waals surface area contributed by atoms with Crippen LogP contribution in [0.15, 0.2) is 42.5 Å². The number of fused-ring (bicyclic) bond motifs is 1. The molecule has 0 aliphatic carbocycles. The Morgan fingerprint density at radius 1 is 1.16 bits per heavy atom. The first kappa shape index (κ1) is 11.4. The predicted octanol–water partition coefficient (Wildman–Crippen LogP) is 2.21. The molecule has 0 aliphatic rings. The second-order valence-corrected chi connectivity index (χ2v) is 4.31. The number of aromatic nitrogens is 3. The van der Waals surface area contributed by atoms with Crippen molar-refractivity contribution in [2.24, 2.45) is 0 Å². The number of para-hydroxylation sites is 1. The van der Waals surface area contributed by atoms with Crippen LogP contribution in [0.25, 0.3) is 16.7 Å². The molecule has 2 N–H and O–H groups in total. The lowest BCUT2D eigenvalue weighted by atomic mass is 10.1. The third-order valence-corrected chi connectivity index (χ3v) is 2.91. The lowest BCUT2D eigenvalue weighted by Gasteiger charge is -1.97. The van der Waals surface area contributed by atoms with Crippen molar-refractivity contribution >= 4 is 22.5 Å². The van der Waals surface area contributed by atoms with Crippen molar-refractivity contribution in [2.75, 3.05) is 5.73 Å². The first-order chi connectivity index (χ1) is 9.15. The summed E-state index contributed by atoms with van der Waals surface area (Å²) in [5.74, 6) is -0.0390. The van der Waals surface area contributed by atoms with Crippen LogP contribution in [0.2, 0.25) is 0 Å². The highest BCUT2D eigenvalue weighted by atomic mass is 16.1. The van der Waals surface area contributed by atoms with Crippen LogP contribution in [0.5, 0.6) is 0 Å². The van der Waals surface area contributed by atoms with Gasteiger partial charge in [-0.05, 0) is 31.2 Å². The fraction of sp³-hybridized carbons (Fsp3) is 0.0714. The van der Waals surface area contributed by atoms with Gasteiger partial charge in [0.15, 0.2) is 5.78 Å². The fourth-order valence-corrected chi connectivity index (χ4v) is 1.93. The summed E-state index contributed by atoms with van der Waals surface area (Å²) >= 11 is 0. The third-order valence-electron chi connectivity index (χ3n) is 2.91. The Morgan fingerprint density at radius 2 is 1.89 bits per heavy atom. The molecule has 5 heteroatoms. The van der Waals surface area contributed by atoms with Crippen molar-refractivity contribution in [2.45, 2.75) is 6.92 Å². The van der Waals surface area contributed by atoms with Gasteiger partial charge in [0.25, 0.3) is 0 Å². The number of Topliss-reactive ketones (excluding diaryl/α,β-unsaturated/α-hetero) is 1. The molecule has 0 saturated carbocycles. The number of hydrogen-bond donors (Lipinski definition) is 1. The number of nitrogen functional groups attached to an aromatic ring is 1. The lowest BCUT2D eigenvalue weighted by molar-refractivity contribution is 0.101. The minimum Gasteiger partial charge on any atom is -0.397 e. The van der Waals surface area contributed by atoms with Crippen LogP contribution in [0.3, 0.4) is 0 Å². The van der Waals surface area contributed by atoms with E-state index >= 15 is 0 Å². The summed E-state index contributed by atoms with van der Waals surface area (Å²) < 4.78 is 0. The number of carbonyl (C=O) groups is 1. The van der Waals surface area contributed by atoms with E-state index in [0.717, 1.165) is 5.69 Å². The monoisotopic (exact) mass is 252 g/mol. The quantitative estimate of drug-likeness (QED) is 0.560. The van der Waals surface area contributed by atoms with Crippen molar-refractivity contribution in [3.05, 3.63) is 48.0 Å². The van der Waals surface area contributed by atoms with Crippen LogP contribution >= 0.6 is 0 Å². The molecule has 0 atom stereocenters. The number of nitrogens with two attached hydrogens (primary N) is 1. The van der Waals surface area contributed by atoms with Gasteiger partial charge in [-0.1, -0.05) is 18.2 Å². The Kier molecular flexibility index (Phi) is 2.52. The maximum atomic E-state index is 11.4. The van der Waals surface area contributed by atoms with E-state index in [4.69, 9.17) is 5.73 Å². The minimum absolute atomic E-state index is 0.0390. The van der Waals surface area contributed by atoms with Crippen molar-refractivity contribution in [3.63, 3.8) is 0 Å². The zero-order chi connectivity index (χ0) is 13.4. The average molecular weight is 252 g/mol. The van der Waals surface area contributed by atoms with Gasteiger partial charge in [0.1, 0.15) is 11.0 Å². The van der Waals surface area contributed by atoms with Gasteiger partial charge in [-0.3, -0.25) is 4.79 Å². The van der Waals surface area contributed by atoms with Gasteiger partial charge in [-0.2, -0.15) is 4.80 Å². The molecule has 94 valence electrons. The summed E-state index contributed by atoms with van der Waals surface area (Å²) in [5, 5.41) is 8.71. The molecule has 1 aromatic heterocycles. The molecular formula is C14H12N4O. The van der Waals surface area contributed by atoms with E-state index in [-0.39, 0.29) is 5.78 Å². The largest absolute Gasteiger partial charge is 0.397 e. The van der Waals surface area contributed by atoms with Gasteiger partial charge >= 0.3 is 0 Å². The zero-order valence-electron chi connectivity index (χ0n) is 10.4. The van der Waals surface area contributed by atoms with E-state index in [1.54, 1.807) is 12.1 Å². The van der Waals surface area contributed by atoms with Crippen molar-refractivity contribution in [1.29, 1.82) is 0 Å². The maximum Gasteiger partial charge on any atom is 0.159 e. The Balaban J connectivity index is 2.21. The van der Waals surface area contributed by atoms with Crippen LogP contribution in [-0.2, 0) is 0 Å². The number of ketones is 1. The van der Waals surface area contributed by atoms with E-state index in [0.29, 0.717) is 22.3 Å². The Labute approximate surface area is 109 Å². The summed E-state index contributed by atoms with van der Waals surface area (Å²) in [6.07, 6.45) is 0. The third kappa shape index (κ3) is 1.95. The second kappa shape index (κ2) is 4.20. The van der Waals surface area contributed by atoms with Gasteiger partial charge < -0.3 is 5.73 Å². The number of carbonyl (C=O) groups excluding carboxylic acids is 1. The van der Waals surface area contributed by atoms with Gasteiger partial charge in [-0.25, -0.2) is 0 Å². The molecular weight excluding hydrogens is 240 g/mol. The molecule has 0 saturated heterocycles. The molecule has 0 amide bonds. The number of rotatable bonds is 2. The molecule has 5 nitrogen and oxygen atoms in total. The topological polar surface area (TPSA) is 73.8 Å². The normalized spacial score (nSPS) is 10.8. The zero-order valence-corrected chi connectivity index (χ0v) is 10.4. The molecule has 19 heavy (non-hydrogen) atoms. The Morgan fingerprint density at radius 3 is 2.58 bits per heavy atom. The molecule has 0 bridgehead atoms. The summed E-state index contributed by atoms with van der Waals surface area (Å²) in [6.45, 7) is 1.50. The molecule has 2 aromatic carbocycles. The first-order valence-corrected chi connectivity index (χ1v) is 5.88. The molecule has 0 radical (unpaired) electrons. The fourth-order valence-electron chi connectivity index (χ4n) is 1.93. The molecule has 1 heterocycles. The van der Waals surface area contributed by atoms with Crippen LogP contribution in [0.1, 0.15) is 17.3 Å². The Hall–Kier alpha value is -2.69. The van der Waals surface area contributed by atoms with Crippen molar-refractivity contribution in [3.8, 4) is 5.69 Å². The number of anilines is 1. The van der Waals surface area contributed by atoms with Crippen molar-refractivity contribution in [1.82, 2.24) is 15.0 Å².